The third-order valence-electron chi connectivity index (χ3n) is 24.6. The maximum atomic E-state index is 12.7. The molecule has 3 saturated heterocycles. The maximum Gasteiger partial charge on any atom is 0.316 e. The molecule has 73 heavy (non-hydrogen) atoms. The Morgan fingerprint density at radius 3 is 1.53 bits per heavy atom. The van der Waals surface area contributed by atoms with Gasteiger partial charge in [-0.25, -0.2) is 0 Å². The van der Waals surface area contributed by atoms with E-state index in [9.17, 15) is 64.5 Å². The van der Waals surface area contributed by atoms with Crippen molar-refractivity contribution in [2.24, 2.45) is 97.6 Å². The molecule has 15 aliphatic rings. The minimum atomic E-state index is -1.27. The van der Waals surface area contributed by atoms with Crippen LogP contribution in [0.5, 0.6) is 0 Å². The lowest BCUT2D eigenvalue weighted by Gasteiger charge is -2.44. The second-order valence-electron chi connectivity index (χ2n) is 26.7. The Kier molecular flexibility index (Phi) is 9.24. The van der Waals surface area contributed by atoms with Crippen molar-refractivity contribution in [3.05, 3.63) is 60.8 Å². The van der Waals surface area contributed by atoms with Crippen molar-refractivity contribution in [3.63, 3.8) is 0 Å². The summed E-state index contributed by atoms with van der Waals surface area (Å²) >= 11 is 0. The van der Waals surface area contributed by atoms with E-state index in [0.717, 1.165) is 50.5 Å². The van der Waals surface area contributed by atoms with Crippen LogP contribution < -0.4 is 0 Å². The van der Waals surface area contributed by atoms with Gasteiger partial charge in [-0.3, -0.25) is 28.8 Å². The molecule has 3 aliphatic heterocycles. The summed E-state index contributed by atoms with van der Waals surface area (Å²) in [6.07, 6.45) is 13.7. The van der Waals surface area contributed by atoms with E-state index in [4.69, 9.17) is 14.2 Å². The molecule has 0 aromatic carbocycles. The highest BCUT2D eigenvalue weighted by atomic mass is 16.6. The predicted octanol–water partition coefficient (Wildman–Crippen LogP) is 5.08. The van der Waals surface area contributed by atoms with E-state index >= 15 is 0 Å². The number of rotatable bonds is 3. The van der Waals surface area contributed by atoms with Gasteiger partial charge in [-0.1, -0.05) is 43.0 Å². The van der Waals surface area contributed by atoms with Crippen molar-refractivity contribution in [2.45, 2.75) is 151 Å². The first-order valence-corrected chi connectivity index (χ1v) is 26.7. The topological polar surface area (TPSA) is 272 Å². The van der Waals surface area contributed by atoms with Gasteiger partial charge in [0.2, 0.25) is 0 Å². The molecule has 3 heterocycles. The lowest BCUT2D eigenvalue weighted by atomic mass is 9.59. The van der Waals surface area contributed by atoms with Gasteiger partial charge in [-0.15, -0.1) is 0 Å². The number of carboxylic acid groups (broad SMARTS) is 3. The molecule has 10 saturated carbocycles. The molecule has 392 valence electrons. The van der Waals surface area contributed by atoms with Crippen LogP contribution in [-0.2, 0) is 43.0 Å². The zero-order chi connectivity index (χ0) is 52.1. The number of carbonyl (C=O) groups excluding carboxylic acids is 3. The summed E-state index contributed by atoms with van der Waals surface area (Å²) in [4.78, 5) is 75.2. The number of aliphatic hydroxyl groups is 4. The SMILES string of the molecule is C=C1C[C@]23C[C@@]1(O)CC[C@H]2[C@@]12C=C[C@H](O)[C@](C)(C(=O)O1)[C@H]2[C@@H]3C(=O)O.C=C1C[C@]23C[C@H]1CC[C@H]2[C@@]12C=C[C@H](O)[C@](C)(C(=O)O1)[C@H]2[C@@H]3C(=O)O.C=C1C[C@]23C[C@H]1CC[C@H]2[C@@]12CC[C@H](O)[C@](C)(C(=O)O1)[C@H]2[C@@H]3C(=O)O. The number of hydrogen-bond donors (Lipinski definition) is 7. The van der Waals surface area contributed by atoms with Gasteiger partial charge in [0.25, 0.3) is 0 Å². The fourth-order valence-electron chi connectivity index (χ4n) is 21.9. The zero-order valence-corrected chi connectivity index (χ0v) is 41.7. The van der Waals surface area contributed by atoms with Gasteiger partial charge >= 0.3 is 35.8 Å². The lowest BCUT2D eigenvalue weighted by molar-refractivity contribution is -0.164. The summed E-state index contributed by atoms with van der Waals surface area (Å²) in [6.45, 7) is 17.5. The summed E-state index contributed by atoms with van der Waals surface area (Å²) in [5, 5.41) is 73.0. The first kappa shape index (κ1) is 48.0. The minimum absolute atomic E-state index is 0.00104. The summed E-state index contributed by atoms with van der Waals surface area (Å²) in [6, 6.07) is 0. The number of aliphatic hydroxyl groups excluding tert-OH is 3. The minimum Gasteiger partial charge on any atom is -0.481 e. The van der Waals surface area contributed by atoms with E-state index in [0.29, 0.717) is 62.4 Å². The summed E-state index contributed by atoms with van der Waals surface area (Å²) in [5.41, 5.74) is -5.54. The molecule has 0 aromatic rings. The fraction of sp³-hybridized carbons (Fsp3) is 0.719. The molecule has 16 heteroatoms. The van der Waals surface area contributed by atoms with Crippen LogP contribution in [0.2, 0.25) is 0 Å². The van der Waals surface area contributed by atoms with Crippen molar-refractivity contribution in [2.75, 3.05) is 0 Å². The highest BCUT2D eigenvalue weighted by molar-refractivity contribution is 5.88. The lowest BCUT2D eigenvalue weighted by Crippen LogP contribution is -2.53. The molecule has 12 aliphatic carbocycles. The largest absolute Gasteiger partial charge is 0.481 e. The maximum absolute atomic E-state index is 12.7. The van der Waals surface area contributed by atoms with Crippen LogP contribution in [-0.4, -0.2) is 112 Å². The molecule has 7 N–H and O–H groups in total. The molecule has 0 amide bonds. The van der Waals surface area contributed by atoms with E-state index in [1.807, 2.05) is 6.08 Å². The van der Waals surface area contributed by atoms with Crippen molar-refractivity contribution in [1.82, 2.24) is 0 Å². The van der Waals surface area contributed by atoms with Crippen LogP contribution in [0.25, 0.3) is 0 Å². The standard InChI is InChI=1S/C19H22O6.C19H24O5.C19H22O5/c1-9-7-17-8-18(9,24)5-3-10(17)19-6-4-11(20)16(2,15(23)25-19)13(19)12(17)14(21)22;2*1-9-7-18-8-10(9)3-4-11(18)19-6-5-12(20)17(2,16(23)24-19)14(19)13(18)15(21)22/h4,6,10-13,20,24H,1,3,5,7-8H2,2H3,(H,21,22);10-14,20H,1,3-8H2,2H3,(H,21,22);5-6,10-14,20H,1,3-4,7-8H2,2H3,(H,21,22)/t10-,11+,12-,13-,16+,17+,18+,19-;2*10-,11-,12+,13-,14-,17+,18+,19-/m111/s1. The fourth-order valence-corrected chi connectivity index (χ4v) is 21.9. The van der Waals surface area contributed by atoms with Gasteiger partial charge in [0, 0.05) is 35.5 Å². The van der Waals surface area contributed by atoms with Crippen LogP contribution >= 0.6 is 0 Å². The van der Waals surface area contributed by atoms with E-state index in [2.05, 4.69) is 19.7 Å². The Labute approximate surface area is 423 Å². The van der Waals surface area contributed by atoms with Crippen LogP contribution in [0, 0.1) is 97.6 Å². The number of fused-ring (bicyclic) bond motifs is 3. The third kappa shape index (κ3) is 5.02. The second-order valence-corrected chi connectivity index (χ2v) is 26.7. The summed E-state index contributed by atoms with van der Waals surface area (Å²) < 4.78 is 17.8. The number of hydrogen-bond acceptors (Lipinski definition) is 13. The van der Waals surface area contributed by atoms with E-state index in [1.54, 1.807) is 39.0 Å². The van der Waals surface area contributed by atoms with Crippen LogP contribution in [0.3, 0.4) is 0 Å². The van der Waals surface area contributed by atoms with Crippen LogP contribution in [0.1, 0.15) is 111 Å². The molecule has 0 radical (unpaired) electrons. The van der Waals surface area contributed by atoms with Gasteiger partial charge in [0.15, 0.2) is 0 Å². The number of carbonyl (C=O) groups is 6. The Hall–Kier alpha value is -4.64. The van der Waals surface area contributed by atoms with Crippen LogP contribution in [0.4, 0.5) is 0 Å². The predicted molar refractivity (Wildman–Crippen MR) is 253 cm³/mol. The average molecular weight is 1010 g/mol. The Balaban J connectivity index is 0.000000106. The molecule has 15 rings (SSSR count). The quantitative estimate of drug-likeness (QED) is 0.110. The highest BCUT2D eigenvalue weighted by Crippen LogP contribution is 2.81. The van der Waals surface area contributed by atoms with Gasteiger partial charge in [-0.05, 0) is 156 Å². The molecule has 13 fully saturated rings. The molecular weight excluding hydrogens is 941 g/mol. The average Bonchev–Trinajstić information content (AvgIpc) is 4.12. The van der Waals surface area contributed by atoms with Crippen molar-refractivity contribution >= 4 is 35.8 Å². The summed E-state index contributed by atoms with van der Waals surface area (Å²) in [7, 11) is 0. The van der Waals surface area contributed by atoms with Crippen molar-refractivity contribution in [3.8, 4) is 0 Å². The Bertz CT molecular complexity index is 2760. The molecule has 24 atom stereocenters. The molecule has 12 bridgehead atoms. The molecule has 3 spiro atoms. The van der Waals surface area contributed by atoms with E-state index in [-0.39, 0.29) is 23.2 Å². The Morgan fingerprint density at radius 1 is 0.562 bits per heavy atom. The highest BCUT2D eigenvalue weighted by Gasteiger charge is 2.86. The number of aliphatic carboxylic acids is 3. The van der Waals surface area contributed by atoms with E-state index in [1.165, 1.54) is 5.57 Å². The summed E-state index contributed by atoms with van der Waals surface area (Å²) in [5.74, 6) is -7.08. The van der Waals surface area contributed by atoms with Gasteiger partial charge < -0.3 is 50.0 Å². The Morgan fingerprint density at radius 2 is 1.01 bits per heavy atom. The first-order valence-electron chi connectivity index (χ1n) is 26.7. The number of allylic oxidation sites excluding steroid dienone is 2. The molecule has 0 aromatic heterocycles. The van der Waals surface area contributed by atoms with Crippen molar-refractivity contribution in [1.29, 1.82) is 0 Å². The normalized spacial score (nSPS) is 57.5. The van der Waals surface area contributed by atoms with Gasteiger partial charge in [-0.2, -0.15) is 0 Å². The monoisotopic (exact) mass is 1010 g/mol. The number of carboxylic acids is 3. The molecule has 0 unspecified atom stereocenters. The number of ether oxygens (including phenoxy) is 3. The van der Waals surface area contributed by atoms with E-state index < -0.39 is 139 Å². The third-order valence-corrected chi connectivity index (χ3v) is 24.6. The van der Waals surface area contributed by atoms with Gasteiger partial charge in [0.1, 0.15) is 27.6 Å². The molecular formula is C57H68O16. The smallest absolute Gasteiger partial charge is 0.316 e. The second kappa shape index (κ2) is 14.0. The zero-order valence-electron chi connectivity index (χ0n) is 41.7. The molecule has 16 nitrogen and oxygen atoms in total. The first-order chi connectivity index (χ1) is 34.2. The van der Waals surface area contributed by atoms with Crippen molar-refractivity contribution < 1.29 is 78.7 Å². The number of esters is 3. The van der Waals surface area contributed by atoms with Crippen LogP contribution in [0.15, 0.2) is 60.8 Å². The van der Waals surface area contributed by atoms with Gasteiger partial charge in [0.05, 0.1) is 47.1 Å².